The first-order chi connectivity index (χ1) is 17.0. The number of carbonyl (C=O) groups is 2. The second-order valence-electron chi connectivity index (χ2n) is 8.40. The van der Waals surface area contributed by atoms with Gasteiger partial charge in [0.2, 0.25) is 0 Å². The highest BCUT2D eigenvalue weighted by molar-refractivity contribution is 6.10. The number of ether oxygens (including phenoxy) is 1. The van der Waals surface area contributed by atoms with Crippen molar-refractivity contribution in [3.05, 3.63) is 126 Å². The highest BCUT2D eigenvalue weighted by Gasteiger charge is 2.12. The van der Waals surface area contributed by atoms with E-state index < -0.39 is 0 Å². The SMILES string of the molecule is C=C/C(=C\C(=C/C(C)C)C(=O)/C=C\c1cc(-c2ccccc2)c(OC)cc1C=O)c1ccccc1. The van der Waals surface area contributed by atoms with Gasteiger partial charge in [0, 0.05) is 16.7 Å². The number of hydrogen-bond donors (Lipinski definition) is 0. The average molecular weight is 463 g/mol. The van der Waals surface area contributed by atoms with Gasteiger partial charge in [-0.25, -0.2) is 0 Å². The van der Waals surface area contributed by atoms with Crippen molar-refractivity contribution in [2.45, 2.75) is 13.8 Å². The van der Waals surface area contributed by atoms with Crippen LogP contribution in [0.3, 0.4) is 0 Å². The summed E-state index contributed by atoms with van der Waals surface area (Å²) in [5, 5.41) is 0. The molecule has 0 amide bonds. The number of methoxy groups -OCH3 is 1. The van der Waals surface area contributed by atoms with Gasteiger partial charge in [-0.3, -0.25) is 9.59 Å². The van der Waals surface area contributed by atoms with Gasteiger partial charge in [0.05, 0.1) is 7.11 Å². The monoisotopic (exact) mass is 462 g/mol. The van der Waals surface area contributed by atoms with E-state index in [9.17, 15) is 9.59 Å². The third-order valence-corrected chi connectivity index (χ3v) is 5.47. The second kappa shape index (κ2) is 12.3. The van der Waals surface area contributed by atoms with Crippen LogP contribution >= 0.6 is 0 Å². The van der Waals surface area contributed by atoms with E-state index in [1.165, 1.54) is 6.08 Å². The molecule has 0 aliphatic carbocycles. The molecule has 0 N–H and O–H groups in total. The van der Waals surface area contributed by atoms with Gasteiger partial charge in [0.15, 0.2) is 12.1 Å². The molecule has 0 aliphatic heterocycles. The lowest BCUT2D eigenvalue weighted by Crippen LogP contribution is -2.00. The van der Waals surface area contributed by atoms with Gasteiger partial charge in [-0.2, -0.15) is 0 Å². The Labute approximate surface area is 207 Å². The molecular weight excluding hydrogens is 432 g/mol. The van der Waals surface area contributed by atoms with Gasteiger partial charge in [-0.05, 0) is 52.5 Å². The van der Waals surface area contributed by atoms with E-state index in [1.807, 2.05) is 92.7 Å². The van der Waals surface area contributed by atoms with E-state index in [0.717, 1.165) is 28.5 Å². The predicted molar refractivity (Wildman–Crippen MR) is 145 cm³/mol. The standard InChI is InChI=1S/C32H30O3/c1-5-24(25-12-8-6-9-13-25)19-28(18-23(2)3)31(34)17-16-27-20-30(26-14-10-7-11-15-26)32(35-4)21-29(27)22-33/h5-23H,1H2,2-4H3/b17-16-,24-19+,28-18+. The average Bonchev–Trinajstić information content (AvgIpc) is 2.89. The van der Waals surface area contributed by atoms with E-state index in [2.05, 4.69) is 6.58 Å². The van der Waals surface area contributed by atoms with Crippen molar-refractivity contribution >= 4 is 23.7 Å². The van der Waals surface area contributed by atoms with E-state index in [1.54, 1.807) is 25.3 Å². The van der Waals surface area contributed by atoms with Crippen molar-refractivity contribution in [3.63, 3.8) is 0 Å². The van der Waals surface area contributed by atoms with Gasteiger partial charge < -0.3 is 4.74 Å². The fourth-order valence-corrected chi connectivity index (χ4v) is 3.75. The first kappa shape index (κ1) is 25.4. The van der Waals surface area contributed by atoms with Crippen LogP contribution in [0.15, 0.2) is 109 Å². The van der Waals surface area contributed by atoms with Crippen LogP contribution < -0.4 is 4.74 Å². The Morgan fingerprint density at radius 1 is 0.943 bits per heavy atom. The lowest BCUT2D eigenvalue weighted by atomic mass is 9.96. The molecule has 0 atom stereocenters. The molecule has 0 aliphatic rings. The zero-order valence-electron chi connectivity index (χ0n) is 20.4. The van der Waals surface area contributed by atoms with Crippen LogP contribution in [0.1, 0.15) is 35.3 Å². The minimum atomic E-state index is -0.150. The normalized spacial score (nSPS) is 12.1. The Morgan fingerprint density at radius 2 is 1.60 bits per heavy atom. The Hall–Kier alpha value is -4.24. The van der Waals surface area contributed by atoms with Crippen molar-refractivity contribution in [2.75, 3.05) is 7.11 Å². The minimum Gasteiger partial charge on any atom is -0.496 e. The van der Waals surface area contributed by atoms with Crippen LogP contribution in [0.2, 0.25) is 0 Å². The topological polar surface area (TPSA) is 43.4 Å². The largest absolute Gasteiger partial charge is 0.496 e. The van der Waals surface area contributed by atoms with Crippen molar-refractivity contribution in [2.24, 2.45) is 5.92 Å². The lowest BCUT2D eigenvalue weighted by Gasteiger charge is -2.12. The van der Waals surface area contributed by atoms with Crippen molar-refractivity contribution in [1.29, 1.82) is 0 Å². The van der Waals surface area contributed by atoms with Gasteiger partial charge in [0.25, 0.3) is 0 Å². The van der Waals surface area contributed by atoms with E-state index >= 15 is 0 Å². The number of aldehydes is 1. The number of ketones is 1. The molecule has 0 heterocycles. The van der Waals surface area contributed by atoms with E-state index in [-0.39, 0.29) is 11.7 Å². The maximum Gasteiger partial charge on any atom is 0.185 e. The summed E-state index contributed by atoms with van der Waals surface area (Å²) in [6.07, 6.45) is 9.52. The zero-order valence-corrected chi connectivity index (χ0v) is 20.4. The molecular formula is C32H30O3. The third kappa shape index (κ3) is 6.64. The Balaban J connectivity index is 2.02. The molecule has 3 rings (SSSR count). The van der Waals surface area contributed by atoms with Crippen LogP contribution in [0.25, 0.3) is 22.8 Å². The fraction of sp³-hybridized carbons (Fsp3) is 0.125. The van der Waals surface area contributed by atoms with Crippen LogP contribution in [-0.2, 0) is 4.79 Å². The van der Waals surface area contributed by atoms with Crippen molar-refractivity contribution in [1.82, 2.24) is 0 Å². The third-order valence-electron chi connectivity index (χ3n) is 5.47. The summed E-state index contributed by atoms with van der Waals surface area (Å²) in [6.45, 7) is 7.98. The molecule has 0 aromatic heterocycles. The van der Waals surface area contributed by atoms with E-state index in [0.29, 0.717) is 22.4 Å². The summed E-state index contributed by atoms with van der Waals surface area (Å²) in [5.41, 5.74) is 5.33. The van der Waals surface area contributed by atoms with Gasteiger partial charge in [-0.15, -0.1) is 0 Å². The summed E-state index contributed by atoms with van der Waals surface area (Å²) in [5.74, 6) is 0.628. The molecule has 35 heavy (non-hydrogen) atoms. The number of allylic oxidation sites excluding steroid dienone is 6. The molecule has 0 bridgehead atoms. The highest BCUT2D eigenvalue weighted by Crippen LogP contribution is 2.33. The Morgan fingerprint density at radius 3 is 2.17 bits per heavy atom. The Kier molecular flexibility index (Phi) is 8.91. The molecule has 3 nitrogen and oxygen atoms in total. The first-order valence-corrected chi connectivity index (χ1v) is 11.5. The molecule has 0 fully saturated rings. The van der Waals surface area contributed by atoms with Crippen molar-refractivity contribution < 1.29 is 14.3 Å². The molecule has 0 saturated carbocycles. The van der Waals surface area contributed by atoms with Gasteiger partial charge >= 0.3 is 0 Å². The lowest BCUT2D eigenvalue weighted by molar-refractivity contribution is -0.111. The summed E-state index contributed by atoms with van der Waals surface area (Å²) in [7, 11) is 1.58. The number of benzene rings is 3. The number of carbonyl (C=O) groups excluding carboxylic acids is 2. The minimum absolute atomic E-state index is 0.150. The first-order valence-electron chi connectivity index (χ1n) is 11.5. The zero-order chi connectivity index (χ0) is 25.2. The molecule has 3 aromatic rings. The summed E-state index contributed by atoms with van der Waals surface area (Å²) < 4.78 is 5.53. The van der Waals surface area contributed by atoms with Crippen LogP contribution in [-0.4, -0.2) is 19.2 Å². The smallest absolute Gasteiger partial charge is 0.185 e. The quantitative estimate of drug-likeness (QED) is 0.177. The second-order valence-corrected chi connectivity index (χ2v) is 8.40. The maximum atomic E-state index is 13.3. The summed E-state index contributed by atoms with van der Waals surface area (Å²) in [4.78, 5) is 25.1. The molecule has 0 spiro atoms. The van der Waals surface area contributed by atoms with E-state index in [4.69, 9.17) is 4.74 Å². The van der Waals surface area contributed by atoms with Crippen molar-refractivity contribution in [3.8, 4) is 16.9 Å². The number of hydrogen-bond acceptors (Lipinski definition) is 3. The summed E-state index contributed by atoms with van der Waals surface area (Å²) in [6, 6.07) is 23.2. The summed E-state index contributed by atoms with van der Waals surface area (Å²) >= 11 is 0. The highest BCUT2D eigenvalue weighted by atomic mass is 16.5. The molecule has 176 valence electrons. The predicted octanol–water partition coefficient (Wildman–Crippen LogP) is 7.61. The fourth-order valence-electron chi connectivity index (χ4n) is 3.75. The Bertz CT molecular complexity index is 1280. The van der Waals surface area contributed by atoms with Crippen LogP contribution in [0.5, 0.6) is 5.75 Å². The molecule has 0 unspecified atom stereocenters. The van der Waals surface area contributed by atoms with Crippen LogP contribution in [0, 0.1) is 5.92 Å². The molecule has 0 radical (unpaired) electrons. The van der Waals surface area contributed by atoms with Crippen LogP contribution in [0.4, 0.5) is 0 Å². The maximum absolute atomic E-state index is 13.3. The number of rotatable bonds is 10. The molecule has 0 saturated heterocycles. The molecule has 3 heteroatoms. The molecule has 3 aromatic carbocycles. The van der Waals surface area contributed by atoms with Gasteiger partial charge in [0.1, 0.15) is 5.75 Å². The van der Waals surface area contributed by atoms with Gasteiger partial charge in [-0.1, -0.05) is 99.3 Å².